The molecule has 4 rings (SSSR count). The number of rotatable bonds is 4. The van der Waals surface area contributed by atoms with Crippen LogP contribution in [-0.2, 0) is 4.79 Å². The summed E-state index contributed by atoms with van der Waals surface area (Å²) in [6, 6.07) is 18.0. The van der Waals surface area contributed by atoms with Crippen LogP contribution in [-0.4, -0.2) is 27.9 Å². The third-order valence-corrected chi connectivity index (χ3v) is 6.07. The molecule has 3 aromatic rings. The van der Waals surface area contributed by atoms with E-state index in [1.165, 1.54) is 17.0 Å². The van der Waals surface area contributed by atoms with E-state index in [1.807, 2.05) is 6.07 Å². The van der Waals surface area contributed by atoms with Gasteiger partial charge in [0.25, 0.3) is 5.91 Å². The van der Waals surface area contributed by atoms with Gasteiger partial charge in [-0.15, -0.1) is 0 Å². The topological polar surface area (TPSA) is 81.4 Å². The fraction of sp³-hybridized carbons (Fsp3) is 0.160. The van der Waals surface area contributed by atoms with Crippen LogP contribution in [0.2, 0.25) is 5.02 Å². The Balaban J connectivity index is 1.73. The van der Waals surface area contributed by atoms with Gasteiger partial charge in [-0.05, 0) is 42.7 Å². The monoisotopic (exact) mass is 448 g/mol. The molecule has 1 saturated heterocycles. The molecular formula is C25H18ClFN2O3. The van der Waals surface area contributed by atoms with Crippen LogP contribution in [0.4, 0.5) is 4.39 Å². The second kappa shape index (κ2) is 8.81. The number of carboxylic acids is 1. The highest BCUT2D eigenvalue weighted by Crippen LogP contribution is 2.40. The molecule has 3 aromatic carbocycles. The van der Waals surface area contributed by atoms with Crippen molar-refractivity contribution in [3.05, 3.63) is 94.3 Å². The Morgan fingerprint density at radius 1 is 1.03 bits per heavy atom. The Morgan fingerprint density at radius 2 is 1.75 bits per heavy atom. The summed E-state index contributed by atoms with van der Waals surface area (Å²) in [5, 5.41) is 19.4. The van der Waals surface area contributed by atoms with Gasteiger partial charge in [0.2, 0.25) is 0 Å². The molecule has 0 saturated carbocycles. The summed E-state index contributed by atoms with van der Waals surface area (Å²) in [6.45, 7) is 0. The number of amides is 1. The van der Waals surface area contributed by atoms with Crippen molar-refractivity contribution in [1.82, 2.24) is 4.90 Å². The second-order valence-electron chi connectivity index (χ2n) is 7.53. The first kappa shape index (κ1) is 21.5. The summed E-state index contributed by atoms with van der Waals surface area (Å²) in [4.78, 5) is 26.5. The maximum absolute atomic E-state index is 15.0. The number of nitriles is 1. The number of benzene rings is 3. The highest BCUT2D eigenvalue weighted by atomic mass is 35.5. The molecule has 32 heavy (non-hydrogen) atoms. The standard InChI is InChI=1S/C25H18ClFN2O3/c26-20-8-4-3-7-19(20)22-11-12-23(25(31)32)29(22)24(30)15-9-10-18(21(27)13-15)17-6-2-1-5-16(17)14-28/h1-10,13,22-23H,11-12H2,(H,31,32)/t22-,23+/m1/s1. The lowest BCUT2D eigenvalue weighted by atomic mass is 9.98. The number of aliphatic carboxylic acids is 1. The molecule has 0 aliphatic carbocycles. The van der Waals surface area contributed by atoms with E-state index in [1.54, 1.807) is 48.5 Å². The lowest BCUT2D eigenvalue weighted by Gasteiger charge is -2.29. The van der Waals surface area contributed by atoms with Crippen LogP contribution in [0.25, 0.3) is 11.1 Å². The number of halogens is 2. The molecule has 1 aliphatic rings. The van der Waals surface area contributed by atoms with Crippen molar-refractivity contribution in [2.75, 3.05) is 0 Å². The van der Waals surface area contributed by atoms with Gasteiger partial charge in [-0.1, -0.05) is 54.1 Å². The number of likely N-dealkylation sites (tertiary alicyclic amines) is 1. The molecule has 0 spiro atoms. The van der Waals surface area contributed by atoms with Gasteiger partial charge in [-0.2, -0.15) is 5.26 Å². The first-order chi connectivity index (χ1) is 15.4. The zero-order chi connectivity index (χ0) is 22.8. The summed E-state index contributed by atoms with van der Waals surface area (Å²) in [6.07, 6.45) is 0.704. The van der Waals surface area contributed by atoms with Crippen LogP contribution < -0.4 is 0 Å². The molecule has 1 heterocycles. The number of hydrogen-bond acceptors (Lipinski definition) is 3. The first-order valence-corrected chi connectivity index (χ1v) is 10.4. The van der Waals surface area contributed by atoms with Gasteiger partial charge in [-0.3, -0.25) is 4.79 Å². The van der Waals surface area contributed by atoms with Crippen molar-refractivity contribution >= 4 is 23.5 Å². The van der Waals surface area contributed by atoms with E-state index < -0.39 is 29.8 Å². The molecule has 0 aromatic heterocycles. The molecule has 160 valence electrons. The van der Waals surface area contributed by atoms with Crippen LogP contribution in [0.1, 0.15) is 40.4 Å². The van der Waals surface area contributed by atoms with Crippen molar-refractivity contribution in [3.8, 4) is 17.2 Å². The molecule has 5 nitrogen and oxygen atoms in total. The van der Waals surface area contributed by atoms with Gasteiger partial charge in [0.15, 0.2) is 0 Å². The third-order valence-electron chi connectivity index (χ3n) is 5.72. The lowest BCUT2D eigenvalue weighted by Crippen LogP contribution is -2.42. The average Bonchev–Trinajstić information content (AvgIpc) is 3.24. The zero-order valence-electron chi connectivity index (χ0n) is 16.8. The fourth-order valence-electron chi connectivity index (χ4n) is 4.22. The lowest BCUT2D eigenvalue weighted by molar-refractivity contribution is -0.141. The number of carbonyl (C=O) groups excluding carboxylic acids is 1. The highest BCUT2D eigenvalue weighted by molar-refractivity contribution is 6.31. The van der Waals surface area contributed by atoms with E-state index >= 15 is 4.39 Å². The molecule has 0 bridgehead atoms. The summed E-state index contributed by atoms with van der Waals surface area (Å²) < 4.78 is 15.0. The molecule has 1 N–H and O–H groups in total. The van der Waals surface area contributed by atoms with Gasteiger partial charge in [-0.25, -0.2) is 9.18 Å². The Kier molecular flexibility index (Phi) is 5.93. The van der Waals surface area contributed by atoms with Crippen LogP contribution in [0.15, 0.2) is 66.7 Å². The average molecular weight is 449 g/mol. The molecule has 1 amide bonds. The van der Waals surface area contributed by atoms with E-state index in [-0.39, 0.29) is 17.5 Å². The normalized spacial score (nSPS) is 17.7. The Hall–Kier alpha value is -3.69. The quantitative estimate of drug-likeness (QED) is 0.575. The van der Waals surface area contributed by atoms with Gasteiger partial charge < -0.3 is 10.0 Å². The summed E-state index contributed by atoms with van der Waals surface area (Å²) in [7, 11) is 0. The number of hydrogen-bond donors (Lipinski definition) is 1. The van der Waals surface area contributed by atoms with Gasteiger partial charge >= 0.3 is 5.97 Å². The Labute approximate surface area is 189 Å². The summed E-state index contributed by atoms with van der Waals surface area (Å²) in [5.74, 6) is -2.37. The first-order valence-electron chi connectivity index (χ1n) is 10.0. The van der Waals surface area contributed by atoms with E-state index in [0.717, 1.165) is 6.07 Å². The molecular weight excluding hydrogens is 431 g/mol. The van der Waals surface area contributed by atoms with Crippen molar-refractivity contribution < 1.29 is 19.1 Å². The van der Waals surface area contributed by atoms with E-state index in [0.29, 0.717) is 28.1 Å². The SMILES string of the molecule is N#Cc1ccccc1-c1ccc(C(=O)N2[C@@H](c3ccccc3Cl)CC[C@H]2C(=O)O)cc1F. The predicted octanol–water partition coefficient (Wildman–Crippen LogP) is 5.45. The fourth-order valence-corrected chi connectivity index (χ4v) is 4.48. The summed E-state index contributed by atoms with van der Waals surface area (Å²) >= 11 is 6.32. The Bertz CT molecular complexity index is 1250. The Morgan fingerprint density at radius 3 is 2.44 bits per heavy atom. The van der Waals surface area contributed by atoms with Crippen molar-refractivity contribution in [2.24, 2.45) is 0 Å². The number of carbonyl (C=O) groups is 2. The molecule has 1 fully saturated rings. The largest absolute Gasteiger partial charge is 0.480 e. The van der Waals surface area contributed by atoms with Crippen LogP contribution in [0.3, 0.4) is 0 Å². The van der Waals surface area contributed by atoms with Crippen LogP contribution in [0, 0.1) is 17.1 Å². The van der Waals surface area contributed by atoms with E-state index in [4.69, 9.17) is 11.6 Å². The predicted molar refractivity (Wildman–Crippen MR) is 118 cm³/mol. The molecule has 7 heteroatoms. The van der Waals surface area contributed by atoms with E-state index in [2.05, 4.69) is 0 Å². The number of nitrogens with zero attached hydrogens (tertiary/aromatic N) is 2. The minimum atomic E-state index is -1.12. The van der Waals surface area contributed by atoms with Crippen LogP contribution >= 0.6 is 11.6 Å². The zero-order valence-corrected chi connectivity index (χ0v) is 17.6. The van der Waals surface area contributed by atoms with Crippen molar-refractivity contribution in [1.29, 1.82) is 5.26 Å². The summed E-state index contributed by atoms with van der Waals surface area (Å²) in [5.41, 5.74) is 1.62. The molecule has 1 aliphatic heterocycles. The maximum atomic E-state index is 15.0. The van der Waals surface area contributed by atoms with Crippen molar-refractivity contribution in [2.45, 2.75) is 24.9 Å². The highest BCUT2D eigenvalue weighted by Gasteiger charge is 2.42. The number of carboxylic acid groups (broad SMARTS) is 1. The van der Waals surface area contributed by atoms with Gasteiger partial charge in [0, 0.05) is 21.7 Å². The maximum Gasteiger partial charge on any atom is 0.326 e. The molecule has 0 unspecified atom stereocenters. The smallest absolute Gasteiger partial charge is 0.326 e. The molecule has 2 atom stereocenters. The van der Waals surface area contributed by atoms with Gasteiger partial charge in [0.1, 0.15) is 11.9 Å². The van der Waals surface area contributed by atoms with E-state index in [9.17, 15) is 20.0 Å². The van der Waals surface area contributed by atoms with Gasteiger partial charge in [0.05, 0.1) is 17.7 Å². The molecule has 0 radical (unpaired) electrons. The minimum Gasteiger partial charge on any atom is -0.480 e. The van der Waals surface area contributed by atoms with Crippen molar-refractivity contribution in [3.63, 3.8) is 0 Å². The second-order valence-corrected chi connectivity index (χ2v) is 7.94. The minimum absolute atomic E-state index is 0.0332. The third kappa shape index (κ3) is 3.83. The van der Waals surface area contributed by atoms with Crippen LogP contribution in [0.5, 0.6) is 0 Å².